The normalized spacial score (nSPS) is 13.3. The summed E-state index contributed by atoms with van der Waals surface area (Å²) in [6.45, 7) is 27.3. The van der Waals surface area contributed by atoms with Crippen molar-refractivity contribution >= 4 is 60.5 Å². The van der Waals surface area contributed by atoms with Crippen LogP contribution >= 0.6 is 35.3 Å². The lowest BCUT2D eigenvalue weighted by atomic mass is 9.80. The van der Waals surface area contributed by atoms with Crippen molar-refractivity contribution in [3.63, 3.8) is 0 Å². The van der Waals surface area contributed by atoms with E-state index in [-0.39, 0.29) is 21.7 Å². The van der Waals surface area contributed by atoms with Crippen LogP contribution in [0.15, 0.2) is 43.8 Å². The van der Waals surface area contributed by atoms with E-state index in [1.54, 1.807) is 0 Å². The van der Waals surface area contributed by atoms with Crippen LogP contribution in [0.3, 0.4) is 0 Å². The van der Waals surface area contributed by atoms with Gasteiger partial charge in [-0.1, -0.05) is 106 Å². The zero-order chi connectivity index (χ0) is 28.4. The first-order valence-electron chi connectivity index (χ1n) is 13.3. The monoisotopic (exact) mass is 592 g/mol. The molecule has 0 aliphatic heterocycles. The smallest absolute Gasteiger partial charge is 0.00705 e. The lowest BCUT2D eigenvalue weighted by Crippen LogP contribution is -2.18. The molecule has 5 heteroatoms. The molecule has 0 atom stereocenters. The number of rotatable bonds is 8. The summed E-state index contributed by atoms with van der Waals surface area (Å²) in [5.74, 6) is 4.41. The van der Waals surface area contributed by atoms with E-state index in [1.165, 1.54) is 32.0 Å². The lowest BCUT2D eigenvalue weighted by molar-refractivity contribution is 0.554. The molecular weight excluding hydrogens is 545 g/mol. The van der Waals surface area contributed by atoms with Crippen molar-refractivity contribution in [3.05, 3.63) is 46.5 Å². The fourth-order valence-electron chi connectivity index (χ4n) is 3.92. The van der Waals surface area contributed by atoms with Gasteiger partial charge in [-0.2, -0.15) is 21.6 Å². The van der Waals surface area contributed by atoms with Crippen molar-refractivity contribution in [2.45, 2.75) is 124 Å². The van der Waals surface area contributed by atoms with Crippen molar-refractivity contribution in [1.82, 2.24) is 0 Å². The predicted octanol–water partition coefficient (Wildman–Crippen LogP) is 10.3. The predicted molar refractivity (Wildman–Crippen MR) is 178 cm³/mol. The van der Waals surface area contributed by atoms with Gasteiger partial charge in [0.1, 0.15) is 0 Å². The zero-order valence-corrected chi connectivity index (χ0v) is 29.3. The maximum absolute atomic E-state index is 5.94. The molecule has 0 saturated heterocycles. The van der Waals surface area contributed by atoms with Gasteiger partial charge >= 0.3 is 0 Å². The Kier molecular flexibility index (Phi) is 11.3. The highest BCUT2D eigenvalue weighted by Crippen LogP contribution is 2.39. The summed E-state index contributed by atoms with van der Waals surface area (Å²) in [6.07, 6.45) is 0. The van der Waals surface area contributed by atoms with Crippen LogP contribution in [0.5, 0.6) is 0 Å². The minimum atomic E-state index is 0.0559. The maximum Gasteiger partial charge on any atom is 0.00705 e. The highest BCUT2D eigenvalue weighted by atomic mass is 32.2. The molecule has 0 unspecified atom stereocenters. The van der Waals surface area contributed by atoms with E-state index >= 15 is 0 Å². The van der Waals surface area contributed by atoms with Crippen LogP contribution < -0.4 is 0 Å². The van der Waals surface area contributed by atoms with Crippen molar-refractivity contribution in [1.29, 1.82) is 0 Å². The van der Waals surface area contributed by atoms with Gasteiger partial charge in [0.25, 0.3) is 0 Å². The summed E-state index contributed by atoms with van der Waals surface area (Å²) in [5.41, 5.74) is 5.70. The molecule has 208 valence electrons. The molecule has 2 aromatic rings. The average Bonchev–Trinajstić information content (AvgIpc) is 2.71. The SMILES string of the molecule is CC(C)(C)c1cc(SCCSCCSc2cc(C(C)(C)C)cc(C(C)(C)C)c2[S-])c([S-])c(C(C)(C)C)c1. The largest absolute Gasteiger partial charge is 0.778 e. The van der Waals surface area contributed by atoms with Gasteiger partial charge in [0, 0.05) is 23.0 Å². The van der Waals surface area contributed by atoms with Gasteiger partial charge in [0.2, 0.25) is 0 Å². The summed E-state index contributed by atoms with van der Waals surface area (Å²) in [6, 6.07) is 9.35. The van der Waals surface area contributed by atoms with Crippen LogP contribution in [0.25, 0.3) is 0 Å². The number of thioether (sulfide) groups is 3. The van der Waals surface area contributed by atoms with E-state index in [2.05, 4.69) is 107 Å². The third-order valence-corrected chi connectivity index (χ3v) is 11.2. The minimum absolute atomic E-state index is 0.0559. The Morgan fingerprint density at radius 1 is 0.486 bits per heavy atom. The van der Waals surface area contributed by atoms with Crippen molar-refractivity contribution < 1.29 is 0 Å². The molecule has 0 aromatic heterocycles. The first kappa shape index (κ1) is 33.1. The zero-order valence-electron chi connectivity index (χ0n) is 25.2. The molecule has 0 saturated carbocycles. The van der Waals surface area contributed by atoms with Crippen LogP contribution in [0.1, 0.15) is 105 Å². The molecule has 0 bridgehead atoms. The molecule has 0 amide bonds. The summed E-state index contributed by atoms with van der Waals surface area (Å²) in [7, 11) is 0. The Balaban J connectivity index is 2.00. The van der Waals surface area contributed by atoms with Gasteiger partial charge < -0.3 is 25.3 Å². The average molecular weight is 593 g/mol. The van der Waals surface area contributed by atoms with Crippen molar-refractivity contribution in [2.75, 3.05) is 23.0 Å². The second-order valence-corrected chi connectivity index (χ2v) is 18.3. The summed E-state index contributed by atoms with van der Waals surface area (Å²) >= 11 is 17.8. The van der Waals surface area contributed by atoms with Crippen LogP contribution in [0, 0.1) is 0 Å². The highest BCUT2D eigenvalue weighted by Gasteiger charge is 2.22. The van der Waals surface area contributed by atoms with E-state index in [0.29, 0.717) is 0 Å². The Morgan fingerprint density at radius 2 is 0.811 bits per heavy atom. The maximum atomic E-state index is 5.94. The van der Waals surface area contributed by atoms with Gasteiger partial charge in [-0.15, -0.1) is 23.5 Å². The summed E-state index contributed by atoms with van der Waals surface area (Å²) in [4.78, 5) is 4.62. The summed E-state index contributed by atoms with van der Waals surface area (Å²) in [5, 5.41) is 0. The second-order valence-electron chi connectivity index (χ2n) is 14.0. The molecule has 2 aromatic carbocycles. The quantitative estimate of drug-likeness (QED) is 0.169. The topological polar surface area (TPSA) is 0 Å². The van der Waals surface area contributed by atoms with E-state index in [1.807, 2.05) is 35.3 Å². The Hall–Kier alpha value is -0.0700. The van der Waals surface area contributed by atoms with Gasteiger partial charge in [-0.3, -0.25) is 0 Å². The Bertz CT molecular complexity index is 972. The molecule has 0 heterocycles. The Labute approximate surface area is 252 Å². The van der Waals surface area contributed by atoms with Crippen LogP contribution in [-0.4, -0.2) is 23.0 Å². The molecular formula is C32H48S5-2. The first-order chi connectivity index (χ1) is 16.7. The third-order valence-electron chi connectivity index (χ3n) is 6.43. The summed E-state index contributed by atoms with van der Waals surface area (Å²) < 4.78 is 0. The number of hydrogen-bond acceptors (Lipinski definition) is 5. The molecule has 0 fully saturated rings. The van der Waals surface area contributed by atoms with Gasteiger partial charge in [0.15, 0.2) is 0 Å². The molecule has 0 aliphatic rings. The fraction of sp³-hybridized carbons (Fsp3) is 0.625. The van der Waals surface area contributed by atoms with Crippen LogP contribution in [0.4, 0.5) is 0 Å². The van der Waals surface area contributed by atoms with Gasteiger partial charge in [-0.05, 0) is 54.7 Å². The van der Waals surface area contributed by atoms with E-state index in [9.17, 15) is 0 Å². The van der Waals surface area contributed by atoms with Gasteiger partial charge in [-0.25, -0.2) is 0 Å². The standard InChI is InChI=1S/C32H50S5/c1-29(2,3)21-17-23(31(7,8)9)27(33)25(19-21)36-15-13-35-14-16-37-26-20-22(30(4,5)6)18-24(28(26)34)32(10,11)12/h17-20,33-34H,13-16H2,1-12H3/p-2. The minimum Gasteiger partial charge on any atom is -0.778 e. The highest BCUT2D eigenvalue weighted by molar-refractivity contribution is 8.04. The lowest BCUT2D eigenvalue weighted by Gasteiger charge is -2.32. The van der Waals surface area contributed by atoms with Crippen molar-refractivity contribution in [2.24, 2.45) is 0 Å². The first-order valence-corrected chi connectivity index (χ1v) is 17.2. The molecule has 37 heavy (non-hydrogen) atoms. The molecule has 0 nitrogen and oxygen atoms in total. The third kappa shape index (κ3) is 9.52. The number of benzene rings is 2. The second kappa shape index (κ2) is 12.6. The number of hydrogen-bond donors (Lipinski definition) is 0. The van der Waals surface area contributed by atoms with E-state index in [0.717, 1.165) is 32.8 Å². The van der Waals surface area contributed by atoms with Gasteiger partial charge in [0.05, 0.1) is 0 Å². The van der Waals surface area contributed by atoms with Crippen LogP contribution in [0.2, 0.25) is 0 Å². The molecule has 0 aliphatic carbocycles. The molecule has 2 rings (SSSR count). The fourth-order valence-corrected chi connectivity index (χ4v) is 8.28. The van der Waals surface area contributed by atoms with E-state index < -0.39 is 0 Å². The molecule has 0 radical (unpaired) electrons. The Morgan fingerprint density at radius 3 is 1.08 bits per heavy atom. The van der Waals surface area contributed by atoms with E-state index in [4.69, 9.17) is 25.3 Å². The van der Waals surface area contributed by atoms with Crippen molar-refractivity contribution in [3.8, 4) is 0 Å². The van der Waals surface area contributed by atoms with Crippen LogP contribution in [-0.2, 0) is 46.9 Å². The molecule has 0 N–H and O–H groups in total. The molecule has 0 spiro atoms.